The molecule has 2 amide bonds. The number of hydrogen-bond donors (Lipinski definition) is 2. The summed E-state index contributed by atoms with van der Waals surface area (Å²) in [5, 5.41) is -0.746. The maximum atomic E-state index is 13.9. The van der Waals surface area contributed by atoms with E-state index in [1.807, 2.05) is 52.2 Å². The van der Waals surface area contributed by atoms with Gasteiger partial charge in [0.2, 0.25) is 0 Å². The fourth-order valence-corrected chi connectivity index (χ4v) is 8.73. The normalized spacial score (nSPS) is 17.2. The summed E-state index contributed by atoms with van der Waals surface area (Å²) in [6.45, 7) is 37.0. The smallest absolute Gasteiger partial charge is 0.424 e. The molecule has 0 aliphatic rings. The molecule has 1 aromatic rings. The largest absolute Gasteiger partial charge is 0.443 e. The topological polar surface area (TPSA) is 133 Å². The average Bonchev–Trinajstić information content (AvgIpc) is 3.05. The van der Waals surface area contributed by atoms with Crippen LogP contribution in [0.15, 0.2) is 42.5 Å². The van der Waals surface area contributed by atoms with Crippen LogP contribution < -0.4 is 4.90 Å². The van der Waals surface area contributed by atoms with Crippen LogP contribution in [0.2, 0.25) is 36.3 Å². The van der Waals surface area contributed by atoms with Crippen LogP contribution in [0.1, 0.15) is 120 Å². The Kier molecular flexibility index (Phi) is 20.2. The Balaban J connectivity index is 3.87. The van der Waals surface area contributed by atoms with E-state index in [2.05, 4.69) is 47.3 Å². The van der Waals surface area contributed by atoms with Crippen molar-refractivity contribution in [1.82, 2.24) is 0 Å². The molecule has 13 heteroatoms. The maximum absolute atomic E-state index is 13.9. The second-order valence-corrected chi connectivity index (χ2v) is 30.1. The van der Waals surface area contributed by atoms with Crippen molar-refractivity contribution >= 4 is 34.5 Å². The first-order valence-corrected chi connectivity index (χ1v) is 27.3. The van der Waals surface area contributed by atoms with E-state index in [1.165, 1.54) is 0 Å². The van der Waals surface area contributed by atoms with Crippen LogP contribution in [0, 0.1) is 17.8 Å². The van der Waals surface area contributed by atoms with E-state index in [0.29, 0.717) is 12.8 Å². The predicted molar refractivity (Wildman–Crippen MR) is 250 cm³/mol. The molecule has 0 radical (unpaired) electrons. The first-order chi connectivity index (χ1) is 27.1. The number of methoxy groups -OCH3 is 4. The molecule has 11 nitrogen and oxygen atoms in total. The van der Waals surface area contributed by atoms with Gasteiger partial charge >= 0.3 is 12.2 Å². The van der Waals surface area contributed by atoms with E-state index >= 15 is 0 Å². The van der Waals surface area contributed by atoms with Gasteiger partial charge in [0, 0.05) is 40.3 Å². The summed E-state index contributed by atoms with van der Waals surface area (Å²) in [5.74, 6) is -0.222. The summed E-state index contributed by atoms with van der Waals surface area (Å²) in [6, 6.07) is 5.61. The first kappa shape index (κ1) is 55.7. The zero-order valence-corrected chi connectivity index (χ0v) is 43.4. The Hall–Kier alpha value is -2.37. The van der Waals surface area contributed by atoms with Crippen molar-refractivity contribution < 1.29 is 47.6 Å². The molecule has 0 spiro atoms. The highest BCUT2D eigenvalue weighted by atomic mass is 28.4. The standard InChI is InChI=1S/C47H85NO10Si2/c1-23-38(53-15)37(30-47(13,14)60(21,22)52)31(2)24-32(3)41(56-18)39(54-16)25-33(4)40(55-17)35-26-34(29-46(11,12)59(19,20)51)27-36(28-35)48(42(49)57-44(5,6)7)43(50)58-45(8,9)10/h23-24,26-28,32-33,37-41,51-52H,1,25,29-30H2,2-22H3/b31-24+/t32-,33-,37-,38-,39-,40+,41+/m0/s1. The van der Waals surface area contributed by atoms with Crippen LogP contribution in [0.5, 0.6) is 0 Å². The maximum Gasteiger partial charge on any atom is 0.424 e. The van der Waals surface area contributed by atoms with Gasteiger partial charge in [-0.05, 0) is 133 Å². The average molecular weight is 880 g/mol. The first-order valence-electron chi connectivity index (χ1n) is 21.4. The Labute approximate surface area is 366 Å². The highest BCUT2D eigenvalue weighted by Gasteiger charge is 2.42. The second kappa shape index (κ2) is 21.8. The van der Waals surface area contributed by atoms with E-state index in [9.17, 15) is 19.2 Å². The number of imide groups is 1. The summed E-state index contributed by atoms with van der Waals surface area (Å²) in [6.07, 6.45) is 2.68. The molecule has 2 N–H and O–H groups in total. The van der Waals surface area contributed by atoms with Crippen LogP contribution in [-0.4, -0.2) is 96.4 Å². The quantitative estimate of drug-likeness (QED) is 0.0908. The second-order valence-electron chi connectivity index (χ2n) is 21.2. The van der Waals surface area contributed by atoms with Gasteiger partial charge in [0.05, 0.1) is 30.1 Å². The molecule has 0 aliphatic heterocycles. The van der Waals surface area contributed by atoms with Crippen molar-refractivity contribution in [3.63, 3.8) is 0 Å². The summed E-state index contributed by atoms with van der Waals surface area (Å²) >= 11 is 0. The molecule has 0 heterocycles. The molecular formula is C47H85NO10Si2. The number of nitrogens with zero attached hydrogens (tertiary/aromatic N) is 1. The highest BCUT2D eigenvalue weighted by molar-refractivity contribution is 6.73. The van der Waals surface area contributed by atoms with E-state index in [-0.39, 0.29) is 46.8 Å². The Bertz CT molecular complexity index is 1550. The molecule has 1 rings (SSSR count). The van der Waals surface area contributed by atoms with Gasteiger partial charge in [0.25, 0.3) is 0 Å². The Morgan fingerprint density at radius 1 is 0.767 bits per heavy atom. The van der Waals surface area contributed by atoms with Crippen molar-refractivity contribution in [1.29, 1.82) is 0 Å². The number of carbonyl (C=O) groups excluding carboxylic acids is 2. The van der Waals surface area contributed by atoms with Crippen molar-refractivity contribution in [2.75, 3.05) is 33.3 Å². The fraction of sp³-hybridized carbons (Fsp3) is 0.745. The van der Waals surface area contributed by atoms with Crippen LogP contribution >= 0.6 is 0 Å². The highest BCUT2D eigenvalue weighted by Crippen LogP contribution is 2.45. The third-order valence-corrected chi connectivity index (χ3v) is 19.3. The van der Waals surface area contributed by atoms with Crippen LogP contribution in [-0.2, 0) is 34.8 Å². The minimum absolute atomic E-state index is 0.00868. The third-order valence-electron chi connectivity index (χ3n) is 12.3. The minimum Gasteiger partial charge on any atom is -0.443 e. The van der Waals surface area contributed by atoms with Gasteiger partial charge in [0.1, 0.15) is 11.2 Å². The summed E-state index contributed by atoms with van der Waals surface area (Å²) < 4.78 is 36.1. The number of amides is 2. The minimum atomic E-state index is -2.68. The lowest BCUT2D eigenvalue weighted by molar-refractivity contribution is -0.0722. The number of benzene rings is 1. The number of anilines is 1. The van der Waals surface area contributed by atoms with E-state index < -0.39 is 51.2 Å². The Morgan fingerprint density at radius 2 is 1.27 bits per heavy atom. The SMILES string of the molecule is C=C[C@H](OC)[C@@H](CC(C)(C)[Si](C)(C)O)/C(C)=C/[C@H](C)[C@@H](OC)[C@H](C[C@H](C)[C@@H](OC)c1cc(CC(C)(C)[Si](C)(C)O)cc(N(C(=O)OC(C)(C)C)C(=O)OC(C)(C)C)c1)OC. The monoisotopic (exact) mass is 880 g/mol. The third kappa shape index (κ3) is 16.1. The zero-order valence-electron chi connectivity index (χ0n) is 41.4. The Morgan fingerprint density at radius 3 is 1.65 bits per heavy atom. The molecule has 0 aliphatic carbocycles. The van der Waals surface area contributed by atoms with Crippen molar-refractivity contribution in [3.8, 4) is 0 Å². The molecule has 0 unspecified atom stereocenters. The van der Waals surface area contributed by atoms with Gasteiger partial charge in [0.15, 0.2) is 16.6 Å². The van der Waals surface area contributed by atoms with E-state index in [4.69, 9.17) is 28.4 Å². The molecule has 0 saturated heterocycles. The van der Waals surface area contributed by atoms with Crippen LogP contribution in [0.4, 0.5) is 15.3 Å². The molecule has 0 fully saturated rings. The van der Waals surface area contributed by atoms with Crippen LogP contribution in [0.3, 0.4) is 0 Å². The summed E-state index contributed by atoms with van der Waals surface area (Å²) in [4.78, 5) is 51.2. The molecule has 0 aromatic heterocycles. The van der Waals surface area contributed by atoms with Crippen molar-refractivity contribution in [3.05, 3.63) is 53.6 Å². The molecule has 346 valence electrons. The number of ether oxygens (including phenoxy) is 6. The van der Waals surface area contributed by atoms with Crippen LogP contribution in [0.25, 0.3) is 0 Å². The van der Waals surface area contributed by atoms with Crippen molar-refractivity contribution in [2.45, 2.75) is 181 Å². The molecule has 0 saturated carbocycles. The lowest BCUT2D eigenvalue weighted by atomic mass is 9.82. The van der Waals surface area contributed by atoms with E-state index in [0.717, 1.165) is 28.0 Å². The molecule has 60 heavy (non-hydrogen) atoms. The number of hydrogen-bond acceptors (Lipinski definition) is 10. The summed E-state index contributed by atoms with van der Waals surface area (Å²) in [7, 11) is 1.53. The van der Waals surface area contributed by atoms with Gasteiger partial charge in [-0.2, -0.15) is 4.90 Å². The predicted octanol–water partition coefficient (Wildman–Crippen LogP) is 11.4. The number of rotatable bonds is 21. The lowest BCUT2D eigenvalue weighted by Crippen LogP contribution is -2.44. The van der Waals surface area contributed by atoms with Gasteiger partial charge in [-0.3, -0.25) is 0 Å². The van der Waals surface area contributed by atoms with E-state index in [1.54, 1.807) is 82.1 Å². The molecule has 0 bridgehead atoms. The summed E-state index contributed by atoms with van der Waals surface area (Å²) in [5.41, 5.74) is 1.19. The number of carbonyl (C=O) groups is 2. The molecule has 1 aromatic carbocycles. The van der Waals surface area contributed by atoms with Gasteiger partial charge in [-0.15, -0.1) is 6.58 Å². The van der Waals surface area contributed by atoms with Gasteiger partial charge in [-0.25, -0.2) is 9.59 Å². The van der Waals surface area contributed by atoms with Gasteiger partial charge < -0.3 is 38.0 Å². The van der Waals surface area contributed by atoms with Crippen molar-refractivity contribution in [2.24, 2.45) is 17.8 Å². The molecule has 7 atom stereocenters. The molecular weight excluding hydrogens is 795 g/mol. The fourth-order valence-electron chi connectivity index (χ4n) is 7.37. The lowest BCUT2D eigenvalue weighted by Gasteiger charge is -2.40. The zero-order chi connectivity index (χ0) is 47.0. The van der Waals surface area contributed by atoms with Gasteiger partial charge in [-0.1, -0.05) is 65.3 Å².